The molecule has 1 fully saturated rings. The van der Waals surface area contributed by atoms with Crippen LogP contribution in [0.2, 0.25) is 0 Å². The minimum Gasteiger partial charge on any atom is -0.374 e. The molecular formula is C11H19ClN4O. The summed E-state index contributed by atoms with van der Waals surface area (Å²) in [5.41, 5.74) is 0. The van der Waals surface area contributed by atoms with Crippen LogP contribution in [0.25, 0.3) is 0 Å². The van der Waals surface area contributed by atoms with E-state index in [1.165, 1.54) is 0 Å². The number of aryl methyl sites for hydroxylation is 1. The summed E-state index contributed by atoms with van der Waals surface area (Å²) < 4.78 is 7.52. The minimum absolute atomic E-state index is 0.146. The summed E-state index contributed by atoms with van der Waals surface area (Å²) in [6.45, 7) is 6.47. The van der Waals surface area contributed by atoms with Crippen LogP contribution >= 0.6 is 11.6 Å². The molecule has 2 rings (SSSR count). The minimum atomic E-state index is 0.146. The number of halogens is 1. The largest absolute Gasteiger partial charge is 0.374 e. The highest BCUT2D eigenvalue weighted by Crippen LogP contribution is 2.10. The Morgan fingerprint density at radius 2 is 2.47 bits per heavy atom. The summed E-state index contributed by atoms with van der Waals surface area (Å²) in [5.74, 6) is 1.58. The van der Waals surface area contributed by atoms with Crippen molar-refractivity contribution in [2.45, 2.75) is 32.5 Å². The lowest BCUT2D eigenvalue weighted by molar-refractivity contribution is -0.0206. The van der Waals surface area contributed by atoms with Crippen LogP contribution in [0.5, 0.6) is 0 Å². The molecule has 0 aliphatic carbocycles. The Labute approximate surface area is 107 Å². The lowest BCUT2D eigenvalue weighted by Crippen LogP contribution is -2.43. The zero-order valence-corrected chi connectivity index (χ0v) is 10.9. The Hall–Kier alpha value is -0.650. The van der Waals surface area contributed by atoms with E-state index in [1.54, 1.807) is 6.33 Å². The topological polar surface area (TPSA) is 43.2 Å². The molecule has 1 unspecified atom stereocenters. The van der Waals surface area contributed by atoms with Gasteiger partial charge < -0.3 is 4.74 Å². The van der Waals surface area contributed by atoms with Crippen LogP contribution in [0.4, 0.5) is 0 Å². The maximum Gasteiger partial charge on any atom is 0.141 e. The normalized spacial score (nSPS) is 21.9. The number of alkyl halides is 1. The molecule has 0 bridgehead atoms. The molecule has 6 heteroatoms. The van der Waals surface area contributed by atoms with E-state index in [9.17, 15) is 0 Å². The first-order valence-electron chi connectivity index (χ1n) is 6.10. The van der Waals surface area contributed by atoms with E-state index in [0.717, 1.165) is 45.0 Å². The molecule has 17 heavy (non-hydrogen) atoms. The van der Waals surface area contributed by atoms with E-state index < -0.39 is 0 Å². The molecule has 0 aromatic carbocycles. The number of nitrogens with zero attached hydrogens (tertiary/aromatic N) is 4. The first-order valence-corrected chi connectivity index (χ1v) is 6.63. The van der Waals surface area contributed by atoms with Crippen molar-refractivity contribution in [1.29, 1.82) is 0 Å². The second-order valence-electron chi connectivity index (χ2n) is 4.28. The fraction of sp³-hybridized carbons (Fsp3) is 0.818. The second-order valence-corrected chi connectivity index (χ2v) is 4.59. The summed E-state index contributed by atoms with van der Waals surface area (Å²) in [6, 6.07) is 0. The molecule has 0 amide bonds. The predicted octanol–water partition coefficient (Wildman–Crippen LogP) is 1.13. The van der Waals surface area contributed by atoms with Crippen molar-refractivity contribution < 1.29 is 4.74 Å². The van der Waals surface area contributed by atoms with Crippen molar-refractivity contribution in [3.8, 4) is 0 Å². The standard InChI is InChI=1S/C11H19ClN4O/c1-2-3-16-11(13-9-14-16)8-15-4-5-17-10(6-12)7-15/h9-10H,2-8H2,1H3. The molecule has 1 aromatic heterocycles. The molecule has 1 atom stereocenters. The molecule has 1 aliphatic heterocycles. The highest BCUT2D eigenvalue weighted by molar-refractivity contribution is 6.18. The molecular weight excluding hydrogens is 240 g/mol. The van der Waals surface area contributed by atoms with Crippen LogP contribution in [0.15, 0.2) is 6.33 Å². The molecule has 1 saturated heterocycles. The Balaban J connectivity index is 1.93. The summed E-state index contributed by atoms with van der Waals surface area (Å²) in [4.78, 5) is 6.64. The molecule has 1 aliphatic rings. The molecule has 0 spiro atoms. The molecule has 0 radical (unpaired) electrons. The van der Waals surface area contributed by atoms with Crippen molar-refractivity contribution in [1.82, 2.24) is 19.7 Å². The fourth-order valence-electron chi connectivity index (χ4n) is 2.03. The van der Waals surface area contributed by atoms with Crippen LogP contribution in [-0.4, -0.2) is 51.3 Å². The number of hydrogen-bond acceptors (Lipinski definition) is 4. The molecule has 96 valence electrons. The van der Waals surface area contributed by atoms with Crippen molar-refractivity contribution >= 4 is 11.6 Å². The Morgan fingerprint density at radius 1 is 1.59 bits per heavy atom. The van der Waals surface area contributed by atoms with Gasteiger partial charge in [-0.15, -0.1) is 11.6 Å². The maximum absolute atomic E-state index is 5.82. The molecule has 0 N–H and O–H groups in total. The summed E-state index contributed by atoms with van der Waals surface area (Å²) in [5, 5.41) is 4.23. The fourth-order valence-corrected chi connectivity index (χ4v) is 2.21. The average molecular weight is 259 g/mol. The highest BCUT2D eigenvalue weighted by atomic mass is 35.5. The van der Waals surface area contributed by atoms with Crippen molar-refractivity contribution in [2.75, 3.05) is 25.6 Å². The average Bonchev–Trinajstić information content (AvgIpc) is 2.78. The van der Waals surface area contributed by atoms with Crippen molar-refractivity contribution in [3.05, 3.63) is 12.2 Å². The van der Waals surface area contributed by atoms with Crippen LogP contribution in [0.3, 0.4) is 0 Å². The first kappa shape index (κ1) is 12.8. The van der Waals surface area contributed by atoms with Gasteiger partial charge in [0, 0.05) is 25.5 Å². The van der Waals surface area contributed by atoms with E-state index in [2.05, 4.69) is 21.9 Å². The van der Waals surface area contributed by atoms with Gasteiger partial charge in [0.25, 0.3) is 0 Å². The first-order chi connectivity index (χ1) is 8.33. The number of morpholine rings is 1. The SMILES string of the molecule is CCCn1ncnc1CN1CCOC(CCl)C1. The lowest BCUT2D eigenvalue weighted by atomic mass is 10.3. The van der Waals surface area contributed by atoms with Gasteiger partial charge in [0.2, 0.25) is 0 Å². The molecule has 5 nitrogen and oxygen atoms in total. The zero-order valence-electron chi connectivity index (χ0n) is 10.2. The third-order valence-corrected chi connectivity index (χ3v) is 3.24. The van der Waals surface area contributed by atoms with Gasteiger partial charge in [0.1, 0.15) is 12.2 Å². The van der Waals surface area contributed by atoms with Gasteiger partial charge in [0.15, 0.2) is 0 Å². The van der Waals surface area contributed by atoms with Gasteiger partial charge in [-0.05, 0) is 6.42 Å². The highest BCUT2D eigenvalue weighted by Gasteiger charge is 2.20. The molecule has 0 saturated carbocycles. The quantitative estimate of drug-likeness (QED) is 0.743. The van der Waals surface area contributed by atoms with Crippen LogP contribution in [-0.2, 0) is 17.8 Å². The van der Waals surface area contributed by atoms with E-state index in [4.69, 9.17) is 16.3 Å². The van der Waals surface area contributed by atoms with Gasteiger partial charge in [-0.2, -0.15) is 5.10 Å². The van der Waals surface area contributed by atoms with Gasteiger partial charge in [0.05, 0.1) is 19.3 Å². The van der Waals surface area contributed by atoms with Crippen LogP contribution in [0, 0.1) is 0 Å². The summed E-state index contributed by atoms with van der Waals surface area (Å²) in [6.07, 6.45) is 2.85. The third kappa shape index (κ3) is 3.40. The van der Waals surface area contributed by atoms with Crippen LogP contribution < -0.4 is 0 Å². The Kier molecular flexibility index (Phi) is 4.76. The number of hydrogen-bond donors (Lipinski definition) is 0. The Morgan fingerprint density at radius 3 is 3.24 bits per heavy atom. The maximum atomic E-state index is 5.82. The summed E-state index contributed by atoms with van der Waals surface area (Å²) >= 11 is 5.82. The number of rotatable bonds is 5. The van der Waals surface area contributed by atoms with Crippen molar-refractivity contribution in [3.63, 3.8) is 0 Å². The van der Waals surface area contributed by atoms with Crippen LogP contribution in [0.1, 0.15) is 19.2 Å². The molecule has 1 aromatic rings. The third-order valence-electron chi connectivity index (χ3n) is 2.89. The second kappa shape index (κ2) is 6.33. The van der Waals surface area contributed by atoms with E-state index in [1.807, 2.05) is 4.68 Å². The lowest BCUT2D eigenvalue weighted by Gasteiger charge is -2.31. The molecule has 2 heterocycles. The number of aromatic nitrogens is 3. The van der Waals surface area contributed by atoms with Gasteiger partial charge in [-0.1, -0.05) is 6.92 Å². The monoisotopic (exact) mass is 258 g/mol. The zero-order chi connectivity index (χ0) is 12.1. The Bertz CT molecular complexity index is 344. The van der Waals surface area contributed by atoms with Crippen molar-refractivity contribution in [2.24, 2.45) is 0 Å². The predicted molar refractivity (Wildman–Crippen MR) is 66.1 cm³/mol. The van der Waals surface area contributed by atoms with Gasteiger partial charge >= 0.3 is 0 Å². The summed E-state index contributed by atoms with van der Waals surface area (Å²) in [7, 11) is 0. The van der Waals surface area contributed by atoms with Gasteiger partial charge in [-0.3, -0.25) is 4.90 Å². The van der Waals surface area contributed by atoms with Gasteiger partial charge in [-0.25, -0.2) is 9.67 Å². The van der Waals surface area contributed by atoms with E-state index >= 15 is 0 Å². The van der Waals surface area contributed by atoms with E-state index in [0.29, 0.717) is 5.88 Å². The van der Waals surface area contributed by atoms with E-state index in [-0.39, 0.29) is 6.10 Å². The smallest absolute Gasteiger partial charge is 0.141 e. The number of ether oxygens (including phenoxy) is 1.